The topological polar surface area (TPSA) is 86.5 Å². The zero-order chi connectivity index (χ0) is 23.4. The molecule has 0 bridgehead atoms. The van der Waals surface area contributed by atoms with Crippen molar-refractivity contribution in [3.8, 4) is 0 Å². The first-order valence-electron chi connectivity index (χ1n) is 10.6. The van der Waals surface area contributed by atoms with Crippen LogP contribution in [0.4, 0.5) is 5.69 Å². The average Bonchev–Trinajstić information content (AvgIpc) is 3.53. The second kappa shape index (κ2) is 7.64. The van der Waals surface area contributed by atoms with E-state index in [1.807, 2.05) is 30.3 Å². The van der Waals surface area contributed by atoms with Crippen molar-refractivity contribution in [1.29, 1.82) is 0 Å². The number of Topliss-reactive ketones (excluding diaryl/α,β-unsaturated/α-hetero) is 1. The van der Waals surface area contributed by atoms with Gasteiger partial charge in [0.1, 0.15) is 5.58 Å². The first-order chi connectivity index (χ1) is 16.5. The van der Waals surface area contributed by atoms with Crippen LogP contribution in [-0.4, -0.2) is 21.8 Å². The van der Waals surface area contributed by atoms with Crippen LogP contribution in [0.5, 0.6) is 0 Å². The van der Waals surface area contributed by atoms with Gasteiger partial charge >= 0.3 is 0 Å². The van der Waals surface area contributed by atoms with E-state index in [1.54, 1.807) is 54.7 Å². The smallest absolute Gasteiger partial charge is 0.294 e. The molecule has 0 aliphatic carbocycles. The van der Waals surface area contributed by atoms with E-state index in [0.717, 1.165) is 10.9 Å². The third-order valence-corrected chi connectivity index (χ3v) is 6.34. The molecule has 2 aromatic heterocycles. The van der Waals surface area contributed by atoms with Crippen molar-refractivity contribution in [3.05, 3.63) is 113 Å². The maximum atomic E-state index is 13.7. The highest BCUT2D eigenvalue weighted by molar-refractivity contribution is 6.31. The van der Waals surface area contributed by atoms with E-state index in [1.165, 1.54) is 4.90 Å². The lowest BCUT2D eigenvalue weighted by Gasteiger charge is -2.26. The lowest BCUT2D eigenvalue weighted by Crippen LogP contribution is -2.30. The molecule has 7 heteroatoms. The molecule has 0 saturated carbocycles. The molecule has 0 radical (unpaired) electrons. The molecule has 1 atom stereocenters. The normalized spacial score (nSPS) is 16.2. The van der Waals surface area contributed by atoms with E-state index in [0.29, 0.717) is 27.2 Å². The summed E-state index contributed by atoms with van der Waals surface area (Å²) < 4.78 is 5.78. The van der Waals surface area contributed by atoms with Crippen LogP contribution in [0.1, 0.15) is 22.2 Å². The molecule has 1 aliphatic rings. The molecule has 6 rings (SSSR count). The van der Waals surface area contributed by atoms with Crippen molar-refractivity contribution >= 4 is 50.9 Å². The van der Waals surface area contributed by atoms with Crippen LogP contribution < -0.4 is 4.90 Å². The number of carbonyl (C=O) groups excluding carboxylic acids is 2. The van der Waals surface area contributed by atoms with Crippen molar-refractivity contribution in [3.63, 3.8) is 0 Å². The van der Waals surface area contributed by atoms with Gasteiger partial charge in [-0.15, -0.1) is 0 Å². The molecule has 2 N–H and O–H groups in total. The number of aliphatic hydroxyl groups is 1. The number of para-hydroxylation sites is 2. The molecule has 0 fully saturated rings. The molecule has 1 unspecified atom stereocenters. The molecule has 3 aromatic carbocycles. The fourth-order valence-corrected chi connectivity index (χ4v) is 4.75. The number of halogens is 1. The van der Waals surface area contributed by atoms with Crippen molar-refractivity contribution in [1.82, 2.24) is 4.98 Å². The van der Waals surface area contributed by atoms with Crippen LogP contribution in [0.25, 0.3) is 21.9 Å². The first kappa shape index (κ1) is 20.3. The fraction of sp³-hybridized carbons (Fsp3) is 0.0370. The van der Waals surface area contributed by atoms with Crippen molar-refractivity contribution in [2.24, 2.45) is 0 Å². The van der Waals surface area contributed by atoms with Crippen LogP contribution >= 0.6 is 11.6 Å². The SMILES string of the molecule is O=C(C1=C(O)C(=O)N(c2ccccc2)C1c1c[nH]c2ccccc12)c1cc2cc(Cl)ccc2o1. The van der Waals surface area contributed by atoms with E-state index in [9.17, 15) is 14.7 Å². The summed E-state index contributed by atoms with van der Waals surface area (Å²) in [6.07, 6.45) is 1.77. The van der Waals surface area contributed by atoms with Gasteiger partial charge in [0, 0.05) is 38.8 Å². The molecule has 1 aliphatic heterocycles. The molecule has 1 amide bonds. The number of hydrogen-bond acceptors (Lipinski definition) is 4. The number of aliphatic hydroxyl groups excluding tert-OH is 1. The highest BCUT2D eigenvalue weighted by Crippen LogP contribution is 2.44. The largest absolute Gasteiger partial charge is 0.503 e. The summed E-state index contributed by atoms with van der Waals surface area (Å²) in [4.78, 5) is 31.7. The van der Waals surface area contributed by atoms with Crippen LogP contribution in [-0.2, 0) is 4.79 Å². The minimum absolute atomic E-state index is 0.0198. The number of aromatic amines is 1. The predicted octanol–water partition coefficient (Wildman–Crippen LogP) is 6.35. The number of hydrogen-bond donors (Lipinski definition) is 2. The van der Waals surface area contributed by atoms with Crippen LogP contribution in [0.2, 0.25) is 5.02 Å². The van der Waals surface area contributed by atoms with Crippen LogP contribution in [0.3, 0.4) is 0 Å². The summed E-state index contributed by atoms with van der Waals surface area (Å²) in [6.45, 7) is 0. The van der Waals surface area contributed by atoms with E-state index in [-0.39, 0.29) is 11.3 Å². The minimum atomic E-state index is -0.852. The van der Waals surface area contributed by atoms with Gasteiger partial charge in [0.15, 0.2) is 11.5 Å². The monoisotopic (exact) mass is 468 g/mol. The number of furan rings is 1. The molecule has 3 heterocycles. The maximum Gasteiger partial charge on any atom is 0.294 e. The predicted molar refractivity (Wildman–Crippen MR) is 130 cm³/mol. The van der Waals surface area contributed by atoms with Crippen LogP contribution in [0.15, 0.2) is 101 Å². The number of rotatable bonds is 4. The van der Waals surface area contributed by atoms with Crippen molar-refractivity contribution in [2.45, 2.75) is 6.04 Å². The van der Waals surface area contributed by atoms with Gasteiger partial charge in [-0.1, -0.05) is 48.0 Å². The summed E-state index contributed by atoms with van der Waals surface area (Å²) in [5.74, 6) is -1.79. The van der Waals surface area contributed by atoms with Gasteiger partial charge in [-0.05, 0) is 42.5 Å². The second-order valence-corrected chi connectivity index (χ2v) is 8.52. The number of anilines is 1. The maximum absolute atomic E-state index is 13.7. The number of carbonyl (C=O) groups is 2. The van der Waals surface area contributed by atoms with E-state index in [4.69, 9.17) is 16.0 Å². The molecule has 166 valence electrons. The summed E-state index contributed by atoms with van der Waals surface area (Å²) in [7, 11) is 0. The zero-order valence-corrected chi connectivity index (χ0v) is 18.4. The Morgan fingerprint density at radius 1 is 1.00 bits per heavy atom. The Hall–Kier alpha value is -4.29. The number of ketones is 1. The molecule has 0 spiro atoms. The third kappa shape index (κ3) is 3.03. The van der Waals surface area contributed by atoms with E-state index < -0.39 is 23.5 Å². The van der Waals surface area contributed by atoms with E-state index >= 15 is 0 Å². The first-order valence-corrected chi connectivity index (χ1v) is 11.0. The molecular formula is C27H17ClN2O4. The lowest BCUT2D eigenvalue weighted by molar-refractivity contribution is -0.117. The van der Waals surface area contributed by atoms with Crippen molar-refractivity contribution in [2.75, 3.05) is 4.90 Å². The van der Waals surface area contributed by atoms with Gasteiger partial charge in [-0.3, -0.25) is 14.5 Å². The Balaban J connectivity index is 1.55. The zero-order valence-electron chi connectivity index (χ0n) is 17.7. The Morgan fingerprint density at radius 2 is 1.76 bits per heavy atom. The van der Waals surface area contributed by atoms with Gasteiger partial charge in [-0.2, -0.15) is 0 Å². The highest BCUT2D eigenvalue weighted by atomic mass is 35.5. The van der Waals surface area contributed by atoms with Gasteiger partial charge in [0.2, 0.25) is 5.78 Å². The molecule has 34 heavy (non-hydrogen) atoms. The van der Waals surface area contributed by atoms with Gasteiger partial charge in [-0.25, -0.2) is 0 Å². The van der Waals surface area contributed by atoms with E-state index in [2.05, 4.69) is 4.98 Å². The number of fused-ring (bicyclic) bond motifs is 2. The van der Waals surface area contributed by atoms with Crippen molar-refractivity contribution < 1.29 is 19.1 Å². The summed E-state index contributed by atoms with van der Waals surface area (Å²) in [5.41, 5.74) is 2.56. The number of benzene rings is 3. The summed E-state index contributed by atoms with van der Waals surface area (Å²) >= 11 is 6.08. The summed E-state index contributed by atoms with van der Waals surface area (Å²) in [5, 5.41) is 13.0. The Labute approximate surface area is 198 Å². The fourth-order valence-electron chi connectivity index (χ4n) is 4.57. The summed E-state index contributed by atoms with van der Waals surface area (Å²) in [6, 6.07) is 22.3. The van der Waals surface area contributed by atoms with Gasteiger partial charge < -0.3 is 14.5 Å². The Bertz CT molecular complexity index is 1630. The minimum Gasteiger partial charge on any atom is -0.503 e. The van der Waals surface area contributed by atoms with Gasteiger partial charge in [0.05, 0.1) is 11.6 Å². The third-order valence-electron chi connectivity index (χ3n) is 6.11. The van der Waals surface area contributed by atoms with Crippen LogP contribution in [0, 0.1) is 0 Å². The quantitative estimate of drug-likeness (QED) is 0.301. The second-order valence-electron chi connectivity index (χ2n) is 8.09. The standard InChI is InChI=1S/C27H17ClN2O4/c28-16-10-11-21-15(12-16)13-22(34-21)25(31)23-24(19-14-29-20-9-5-4-8-18(19)20)30(27(33)26(23)32)17-6-2-1-3-7-17/h1-14,24,29,32H. The molecular weight excluding hydrogens is 452 g/mol. The number of nitrogens with one attached hydrogen (secondary N) is 1. The number of aromatic nitrogens is 1. The number of H-pyrrole nitrogens is 1. The molecule has 0 saturated heterocycles. The average molecular weight is 469 g/mol. The molecule has 5 aromatic rings. The highest BCUT2D eigenvalue weighted by Gasteiger charge is 2.46. The number of amides is 1. The Morgan fingerprint density at radius 3 is 2.59 bits per heavy atom. The lowest BCUT2D eigenvalue weighted by atomic mass is 9.94. The van der Waals surface area contributed by atoms with Gasteiger partial charge in [0.25, 0.3) is 5.91 Å². The Kier molecular flexibility index (Phi) is 4.57. The number of nitrogens with zero attached hydrogens (tertiary/aromatic N) is 1. The molecule has 6 nitrogen and oxygen atoms in total.